The van der Waals surface area contributed by atoms with E-state index in [1.165, 1.54) is 18.8 Å². The minimum absolute atomic E-state index is 0.227. The number of rotatable bonds is 5. The van der Waals surface area contributed by atoms with Crippen molar-refractivity contribution in [1.82, 2.24) is 9.55 Å². The van der Waals surface area contributed by atoms with Gasteiger partial charge in [0.2, 0.25) is 5.95 Å². The summed E-state index contributed by atoms with van der Waals surface area (Å²) in [5, 5.41) is 0.952. The molecule has 0 atom stereocenters. The van der Waals surface area contributed by atoms with Gasteiger partial charge >= 0.3 is 0 Å². The smallest absolute Gasteiger partial charge is 0.263 e. The van der Waals surface area contributed by atoms with E-state index in [0.717, 1.165) is 5.56 Å². The maximum Gasteiger partial charge on any atom is 0.263 e. The third kappa shape index (κ3) is 3.11. The van der Waals surface area contributed by atoms with Gasteiger partial charge in [0.15, 0.2) is 11.5 Å². The standard InChI is InChI=1S/C17H17ClN4O3/c1-24-14-7-11-13(8-15(14)25-2)20-17(21-19)22(16(11)23)9-10-5-3-4-6-12(10)18/h3-8H,9,19H2,1-2H3,(H,20,21). The Morgan fingerprint density at radius 1 is 1.20 bits per heavy atom. The molecule has 3 N–H and O–H groups in total. The summed E-state index contributed by atoms with van der Waals surface area (Å²) < 4.78 is 12.0. The molecular weight excluding hydrogens is 344 g/mol. The van der Waals surface area contributed by atoms with E-state index >= 15 is 0 Å². The highest BCUT2D eigenvalue weighted by molar-refractivity contribution is 6.31. The number of halogens is 1. The van der Waals surface area contributed by atoms with Gasteiger partial charge in [0.25, 0.3) is 5.56 Å². The molecule has 1 aromatic heterocycles. The number of hydrogen-bond acceptors (Lipinski definition) is 6. The highest BCUT2D eigenvalue weighted by Gasteiger charge is 2.15. The lowest BCUT2D eigenvalue weighted by atomic mass is 10.2. The van der Waals surface area contributed by atoms with E-state index in [4.69, 9.17) is 26.9 Å². The van der Waals surface area contributed by atoms with Gasteiger partial charge in [-0.3, -0.25) is 14.8 Å². The summed E-state index contributed by atoms with van der Waals surface area (Å²) >= 11 is 6.20. The van der Waals surface area contributed by atoms with Gasteiger partial charge in [-0.2, -0.15) is 0 Å². The van der Waals surface area contributed by atoms with Crippen molar-refractivity contribution in [3.63, 3.8) is 0 Å². The quantitative estimate of drug-likeness (QED) is 0.536. The fourth-order valence-corrected chi connectivity index (χ4v) is 2.80. The van der Waals surface area contributed by atoms with Crippen LogP contribution in [0.4, 0.5) is 5.95 Å². The average Bonchev–Trinajstić information content (AvgIpc) is 2.64. The summed E-state index contributed by atoms with van der Waals surface area (Å²) in [6, 6.07) is 10.5. The van der Waals surface area contributed by atoms with Crippen molar-refractivity contribution in [3.8, 4) is 11.5 Å². The molecule has 0 radical (unpaired) electrons. The number of nitrogens with zero attached hydrogens (tertiary/aromatic N) is 2. The van der Waals surface area contributed by atoms with Crippen LogP contribution < -0.4 is 26.3 Å². The predicted octanol–water partition coefficient (Wildman–Crippen LogP) is 2.40. The summed E-state index contributed by atoms with van der Waals surface area (Å²) in [7, 11) is 3.03. The number of nitrogen functional groups attached to an aromatic ring is 1. The first-order chi connectivity index (χ1) is 12.1. The van der Waals surface area contributed by atoms with Gasteiger partial charge < -0.3 is 9.47 Å². The van der Waals surface area contributed by atoms with Crippen molar-refractivity contribution in [2.45, 2.75) is 6.54 Å². The molecule has 0 amide bonds. The lowest BCUT2D eigenvalue weighted by molar-refractivity contribution is 0.355. The molecule has 25 heavy (non-hydrogen) atoms. The summed E-state index contributed by atoms with van der Waals surface area (Å²) in [4.78, 5) is 17.4. The van der Waals surface area contributed by atoms with Crippen molar-refractivity contribution in [2.75, 3.05) is 19.6 Å². The number of anilines is 1. The van der Waals surface area contributed by atoms with E-state index in [-0.39, 0.29) is 18.1 Å². The number of aromatic nitrogens is 2. The van der Waals surface area contributed by atoms with Crippen LogP contribution in [0.1, 0.15) is 5.56 Å². The molecule has 0 saturated carbocycles. The van der Waals surface area contributed by atoms with Gasteiger partial charge in [0.05, 0.1) is 31.7 Å². The van der Waals surface area contributed by atoms with Crippen LogP contribution in [-0.4, -0.2) is 23.8 Å². The molecule has 3 rings (SSSR count). The average molecular weight is 361 g/mol. The molecule has 1 heterocycles. The van der Waals surface area contributed by atoms with E-state index in [0.29, 0.717) is 27.4 Å². The Bertz CT molecular complexity index is 988. The maximum atomic E-state index is 13.0. The van der Waals surface area contributed by atoms with Gasteiger partial charge in [0.1, 0.15) is 0 Å². The number of benzene rings is 2. The molecule has 130 valence electrons. The second kappa shape index (κ2) is 7.00. The van der Waals surface area contributed by atoms with Crippen molar-refractivity contribution in [2.24, 2.45) is 5.84 Å². The molecule has 0 spiro atoms. The molecule has 8 heteroatoms. The second-order valence-corrected chi connectivity index (χ2v) is 5.69. The van der Waals surface area contributed by atoms with Crippen molar-refractivity contribution in [3.05, 3.63) is 57.3 Å². The lowest BCUT2D eigenvalue weighted by Gasteiger charge is -2.15. The van der Waals surface area contributed by atoms with Gasteiger partial charge in [-0.1, -0.05) is 29.8 Å². The molecule has 7 nitrogen and oxygen atoms in total. The molecule has 0 fully saturated rings. The number of nitrogens with one attached hydrogen (secondary N) is 1. The van der Waals surface area contributed by atoms with E-state index in [2.05, 4.69) is 10.4 Å². The Morgan fingerprint density at radius 2 is 1.88 bits per heavy atom. The third-order valence-corrected chi connectivity index (χ3v) is 4.24. The summed E-state index contributed by atoms with van der Waals surface area (Å²) in [5.41, 5.74) is 3.44. The topological polar surface area (TPSA) is 91.4 Å². The molecule has 0 aliphatic rings. The van der Waals surface area contributed by atoms with Crippen LogP contribution >= 0.6 is 11.6 Å². The van der Waals surface area contributed by atoms with Crippen LogP contribution in [0.5, 0.6) is 11.5 Å². The van der Waals surface area contributed by atoms with Crippen LogP contribution in [0, 0.1) is 0 Å². The zero-order valence-corrected chi connectivity index (χ0v) is 14.5. The van der Waals surface area contributed by atoms with E-state index in [9.17, 15) is 4.79 Å². The number of nitrogens with two attached hydrogens (primary N) is 1. The molecule has 0 saturated heterocycles. The van der Waals surface area contributed by atoms with Crippen LogP contribution in [0.15, 0.2) is 41.2 Å². The molecule has 0 bridgehead atoms. The van der Waals surface area contributed by atoms with Crippen LogP contribution in [-0.2, 0) is 6.54 Å². The Morgan fingerprint density at radius 3 is 2.52 bits per heavy atom. The second-order valence-electron chi connectivity index (χ2n) is 5.29. The van der Waals surface area contributed by atoms with E-state index in [1.807, 2.05) is 18.2 Å². The van der Waals surface area contributed by atoms with Gasteiger partial charge in [-0.25, -0.2) is 10.8 Å². The Labute approximate surface area is 148 Å². The molecule has 0 aliphatic heterocycles. The molecule has 3 aromatic rings. The SMILES string of the molecule is COc1cc2nc(NN)n(Cc3ccccc3Cl)c(=O)c2cc1OC. The van der Waals surface area contributed by atoms with Crippen LogP contribution in [0.3, 0.4) is 0 Å². The van der Waals surface area contributed by atoms with E-state index in [1.54, 1.807) is 18.2 Å². The molecule has 0 aliphatic carbocycles. The number of ether oxygens (including phenoxy) is 2. The number of fused-ring (bicyclic) bond motifs is 1. The fraction of sp³-hybridized carbons (Fsp3) is 0.176. The highest BCUT2D eigenvalue weighted by atomic mass is 35.5. The number of hydrogen-bond donors (Lipinski definition) is 2. The highest BCUT2D eigenvalue weighted by Crippen LogP contribution is 2.30. The first kappa shape index (κ1) is 17.1. The van der Waals surface area contributed by atoms with Crippen molar-refractivity contribution < 1.29 is 9.47 Å². The Balaban J connectivity index is 2.23. The molecule has 2 aromatic carbocycles. The van der Waals surface area contributed by atoms with Crippen LogP contribution in [0.2, 0.25) is 5.02 Å². The van der Waals surface area contributed by atoms with Gasteiger partial charge in [-0.05, 0) is 17.7 Å². The largest absolute Gasteiger partial charge is 0.493 e. The minimum Gasteiger partial charge on any atom is -0.493 e. The summed E-state index contributed by atoms with van der Waals surface area (Å²) in [5.74, 6) is 6.73. The third-order valence-electron chi connectivity index (χ3n) is 3.87. The predicted molar refractivity (Wildman–Crippen MR) is 97.5 cm³/mol. The lowest BCUT2D eigenvalue weighted by Crippen LogP contribution is -2.27. The van der Waals surface area contributed by atoms with Crippen LogP contribution in [0.25, 0.3) is 10.9 Å². The van der Waals surface area contributed by atoms with Gasteiger partial charge in [-0.15, -0.1) is 0 Å². The number of hydrazine groups is 1. The summed E-state index contributed by atoms with van der Waals surface area (Å²) in [6.07, 6.45) is 0. The first-order valence-electron chi connectivity index (χ1n) is 7.45. The molecular formula is C17H17ClN4O3. The number of methoxy groups -OCH3 is 2. The van der Waals surface area contributed by atoms with Gasteiger partial charge in [0, 0.05) is 11.1 Å². The first-order valence-corrected chi connectivity index (χ1v) is 7.83. The van der Waals surface area contributed by atoms with Crippen molar-refractivity contribution >= 4 is 28.5 Å². The zero-order valence-electron chi connectivity index (χ0n) is 13.7. The Kier molecular flexibility index (Phi) is 4.78. The Hall–Kier alpha value is -2.77. The summed E-state index contributed by atoms with van der Waals surface area (Å²) in [6.45, 7) is 0.231. The fourth-order valence-electron chi connectivity index (χ4n) is 2.60. The minimum atomic E-state index is -0.265. The molecule has 0 unspecified atom stereocenters. The maximum absolute atomic E-state index is 13.0. The van der Waals surface area contributed by atoms with E-state index < -0.39 is 0 Å². The van der Waals surface area contributed by atoms with Crippen molar-refractivity contribution in [1.29, 1.82) is 0 Å². The zero-order chi connectivity index (χ0) is 18.0. The monoisotopic (exact) mass is 360 g/mol. The normalized spacial score (nSPS) is 10.7.